The molecule has 0 bridgehead atoms. The second kappa shape index (κ2) is 6.02. The van der Waals surface area contributed by atoms with E-state index in [4.69, 9.17) is 9.47 Å². The molecule has 20 heavy (non-hydrogen) atoms. The van der Waals surface area contributed by atoms with Crippen LogP contribution in [0.1, 0.15) is 27.6 Å². The maximum absolute atomic E-state index is 12.0. The highest BCUT2D eigenvalue weighted by Gasteiger charge is 2.13. The van der Waals surface area contributed by atoms with Crippen LogP contribution >= 0.6 is 0 Å². The lowest BCUT2D eigenvalue weighted by molar-refractivity contribution is 0.0729. The number of ether oxygens (including phenoxy) is 2. The molecule has 0 aliphatic rings. The largest absolute Gasteiger partial charge is 0.493 e. The van der Waals surface area contributed by atoms with Gasteiger partial charge in [-0.3, -0.25) is 4.79 Å². The molecule has 0 aliphatic carbocycles. The molecule has 0 aliphatic heterocycles. The number of hydrogen-bond acceptors (Lipinski definition) is 4. The van der Waals surface area contributed by atoms with E-state index in [1.54, 1.807) is 42.5 Å². The second-order valence-electron chi connectivity index (χ2n) is 4.18. The summed E-state index contributed by atoms with van der Waals surface area (Å²) in [5.74, 6) is 0.0806. The summed E-state index contributed by atoms with van der Waals surface area (Å²) in [7, 11) is 1.46. The number of ketones is 1. The fraction of sp³-hybridized carbons (Fsp3) is 0.125. The Hall–Kier alpha value is -2.62. The smallest absolute Gasteiger partial charge is 0.343 e. The lowest BCUT2D eigenvalue weighted by Gasteiger charge is -2.10. The number of methoxy groups -OCH3 is 1. The van der Waals surface area contributed by atoms with Crippen LogP contribution < -0.4 is 9.47 Å². The van der Waals surface area contributed by atoms with Crippen molar-refractivity contribution >= 4 is 11.8 Å². The Morgan fingerprint density at radius 3 is 2.20 bits per heavy atom. The van der Waals surface area contributed by atoms with E-state index in [0.29, 0.717) is 16.9 Å². The minimum Gasteiger partial charge on any atom is -0.493 e. The van der Waals surface area contributed by atoms with Crippen LogP contribution in [0.3, 0.4) is 0 Å². The molecule has 0 heterocycles. The molecule has 0 spiro atoms. The molecule has 2 aromatic rings. The van der Waals surface area contributed by atoms with Gasteiger partial charge >= 0.3 is 5.97 Å². The average Bonchev–Trinajstić information content (AvgIpc) is 2.48. The van der Waals surface area contributed by atoms with Gasteiger partial charge in [-0.15, -0.1) is 0 Å². The zero-order valence-electron chi connectivity index (χ0n) is 11.3. The van der Waals surface area contributed by atoms with Gasteiger partial charge in [0.15, 0.2) is 17.3 Å². The number of Topliss-reactive ketones (excluding diaryl/α,β-unsaturated/α-hetero) is 1. The van der Waals surface area contributed by atoms with Crippen molar-refractivity contribution in [2.24, 2.45) is 0 Å². The quantitative estimate of drug-likeness (QED) is 0.486. The van der Waals surface area contributed by atoms with Crippen LogP contribution in [-0.4, -0.2) is 18.9 Å². The number of carbonyl (C=O) groups is 2. The molecule has 0 fully saturated rings. The molecule has 2 rings (SSSR count). The molecule has 0 atom stereocenters. The maximum Gasteiger partial charge on any atom is 0.343 e. The fourth-order valence-corrected chi connectivity index (χ4v) is 1.70. The molecule has 0 unspecified atom stereocenters. The van der Waals surface area contributed by atoms with Crippen molar-refractivity contribution in [2.45, 2.75) is 6.92 Å². The van der Waals surface area contributed by atoms with E-state index in [1.807, 2.05) is 6.07 Å². The lowest BCUT2D eigenvalue weighted by Crippen LogP contribution is -2.09. The van der Waals surface area contributed by atoms with Crippen LogP contribution in [0.2, 0.25) is 0 Å². The molecular formula is C16H14O4. The van der Waals surface area contributed by atoms with Gasteiger partial charge in [-0.25, -0.2) is 4.79 Å². The molecule has 0 saturated heterocycles. The van der Waals surface area contributed by atoms with Crippen molar-refractivity contribution in [3.63, 3.8) is 0 Å². The van der Waals surface area contributed by atoms with E-state index in [2.05, 4.69) is 0 Å². The van der Waals surface area contributed by atoms with Gasteiger partial charge in [0.05, 0.1) is 12.7 Å². The second-order valence-corrected chi connectivity index (χ2v) is 4.18. The number of benzene rings is 2. The minimum atomic E-state index is -0.473. The minimum absolute atomic E-state index is 0.0794. The molecule has 0 amide bonds. The summed E-state index contributed by atoms with van der Waals surface area (Å²) in [6, 6.07) is 13.4. The molecule has 2 aromatic carbocycles. The monoisotopic (exact) mass is 270 g/mol. The van der Waals surface area contributed by atoms with E-state index >= 15 is 0 Å². The third-order valence-corrected chi connectivity index (χ3v) is 2.78. The Morgan fingerprint density at radius 2 is 1.60 bits per heavy atom. The van der Waals surface area contributed by atoms with Crippen molar-refractivity contribution in [3.8, 4) is 11.5 Å². The number of esters is 1. The van der Waals surface area contributed by atoms with Crippen molar-refractivity contribution in [2.75, 3.05) is 7.11 Å². The Bertz CT molecular complexity index is 632. The summed E-state index contributed by atoms with van der Waals surface area (Å²) >= 11 is 0. The summed E-state index contributed by atoms with van der Waals surface area (Å²) in [5, 5.41) is 0. The van der Waals surface area contributed by atoms with Crippen LogP contribution in [0, 0.1) is 0 Å². The summed E-state index contributed by atoms with van der Waals surface area (Å²) in [6.07, 6.45) is 0. The van der Waals surface area contributed by atoms with Gasteiger partial charge in [0, 0.05) is 5.56 Å². The van der Waals surface area contributed by atoms with Crippen molar-refractivity contribution in [3.05, 3.63) is 59.7 Å². The summed E-state index contributed by atoms with van der Waals surface area (Å²) in [4.78, 5) is 23.3. The zero-order chi connectivity index (χ0) is 14.5. The number of rotatable bonds is 4. The molecule has 0 saturated carbocycles. The highest BCUT2D eigenvalue weighted by molar-refractivity contribution is 5.95. The van der Waals surface area contributed by atoms with Crippen molar-refractivity contribution in [1.82, 2.24) is 0 Å². The van der Waals surface area contributed by atoms with Gasteiger partial charge in [0.1, 0.15) is 0 Å². The third-order valence-electron chi connectivity index (χ3n) is 2.78. The summed E-state index contributed by atoms with van der Waals surface area (Å²) in [6.45, 7) is 1.46. The van der Waals surface area contributed by atoms with Gasteiger partial charge in [0.25, 0.3) is 0 Å². The van der Waals surface area contributed by atoms with Crippen LogP contribution in [0.5, 0.6) is 11.5 Å². The summed E-state index contributed by atoms with van der Waals surface area (Å²) in [5.41, 5.74) is 0.951. The first kappa shape index (κ1) is 13.8. The topological polar surface area (TPSA) is 52.6 Å². The number of carbonyl (C=O) groups excluding carboxylic acids is 2. The SMILES string of the molecule is COc1cc(C(C)=O)ccc1OC(=O)c1ccccc1. The Labute approximate surface area is 116 Å². The fourth-order valence-electron chi connectivity index (χ4n) is 1.70. The van der Waals surface area contributed by atoms with Gasteiger partial charge < -0.3 is 9.47 Å². The van der Waals surface area contributed by atoms with Crippen LogP contribution in [0.15, 0.2) is 48.5 Å². The van der Waals surface area contributed by atoms with Crippen molar-refractivity contribution in [1.29, 1.82) is 0 Å². The van der Waals surface area contributed by atoms with E-state index in [9.17, 15) is 9.59 Å². The molecule has 4 nitrogen and oxygen atoms in total. The maximum atomic E-state index is 12.0. The molecule has 4 heteroatoms. The molecule has 0 aromatic heterocycles. The van der Waals surface area contributed by atoms with E-state index < -0.39 is 5.97 Å². The Kier molecular flexibility index (Phi) is 4.15. The van der Waals surface area contributed by atoms with Crippen molar-refractivity contribution < 1.29 is 19.1 Å². The Morgan fingerprint density at radius 1 is 0.900 bits per heavy atom. The first-order valence-electron chi connectivity index (χ1n) is 6.08. The Balaban J connectivity index is 2.25. The van der Waals surface area contributed by atoms with Gasteiger partial charge in [-0.2, -0.15) is 0 Å². The van der Waals surface area contributed by atoms with E-state index in [1.165, 1.54) is 14.0 Å². The van der Waals surface area contributed by atoms with E-state index in [-0.39, 0.29) is 11.5 Å². The van der Waals surface area contributed by atoms with E-state index in [0.717, 1.165) is 0 Å². The molecule has 102 valence electrons. The first-order valence-corrected chi connectivity index (χ1v) is 6.08. The van der Waals surface area contributed by atoms with Gasteiger partial charge in [-0.05, 0) is 37.3 Å². The molecular weight excluding hydrogens is 256 g/mol. The highest BCUT2D eigenvalue weighted by atomic mass is 16.6. The van der Waals surface area contributed by atoms with Gasteiger partial charge in [-0.1, -0.05) is 18.2 Å². The summed E-state index contributed by atoms with van der Waals surface area (Å²) < 4.78 is 10.4. The standard InChI is InChI=1S/C16H14O4/c1-11(17)13-8-9-14(15(10-13)19-2)20-16(18)12-6-4-3-5-7-12/h3-10H,1-2H3. The lowest BCUT2D eigenvalue weighted by atomic mass is 10.1. The van der Waals surface area contributed by atoms with Crippen LogP contribution in [0.25, 0.3) is 0 Å². The first-order chi connectivity index (χ1) is 9.61. The third kappa shape index (κ3) is 3.03. The van der Waals surface area contributed by atoms with Gasteiger partial charge in [0.2, 0.25) is 0 Å². The zero-order valence-corrected chi connectivity index (χ0v) is 11.3. The van der Waals surface area contributed by atoms with Crippen LogP contribution in [0.4, 0.5) is 0 Å². The normalized spacial score (nSPS) is 9.90. The predicted octanol–water partition coefficient (Wildman–Crippen LogP) is 3.12. The predicted molar refractivity (Wildman–Crippen MR) is 74.4 cm³/mol. The highest BCUT2D eigenvalue weighted by Crippen LogP contribution is 2.29. The van der Waals surface area contributed by atoms with Crippen LogP contribution in [-0.2, 0) is 0 Å². The molecule has 0 radical (unpaired) electrons. The number of hydrogen-bond donors (Lipinski definition) is 0. The average molecular weight is 270 g/mol. The molecule has 0 N–H and O–H groups in total.